The van der Waals surface area contributed by atoms with Crippen LogP contribution in [0.3, 0.4) is 0 Å². The Kier molecular flexibility index (Phi) is 7.63. The molecule has 2 atom stereocenters. The van der Waals surface area contributed by atoms with Gasteiger partial charge in [0.2, 0.25) is 5.91 Å². The molecule has 7 nitrogen and oxygen atoms in total. The fourth-order valence-corrected chi connectivity index (χ4v) is 6.14. The van der Waals surface area contributed by atoms with E-state index in [2.05, 4.69) is 11.4 Å². The van der Waals surface area contributed by atoms with Crippen LogP contribution >= 0.6 is 11.3 Å². The van der Waals surface area contributed by atoms with Gasteiger partial charge in [-0.25, -0.2) is 0 Å². The maximum atomic E-state index is 14.1. The average Bonchev–Trinajstić information content (AvgIpc) is 3.54. The Labute approximate surface area is 225 Å². The number of carbonyl (C=O) groups excluding carboxylic acids is 3. The topological polar surface area (TPSA) is 88.9 Å². The number of rotatable bonds is 11. The summed E-state index contributed by atoms with van der Waals surface area (Å²) in [5, 5.41) is 7.44. The largest absolute Gasteiger partial charge is 0.466 e. The van der Waals surface area contributed by atoms with Crippen molar-refractivity contribution in [2.45, 2.75) is 51.1 Å². The number of nitrogens with zero attached hydrogens (tertiary/aromatic N) is 1. The number of fused-ring (bicyclic) bond motifs is 2. The summed E-state index contributed by atoms with van der Waals surface area (Å²) < 4.78 is 11.8. The Morgan fingerprint density at radius 3 is 2.82 bits per heavy atom. The molecule has 2 unspecified atom stereocenters. The van der Waals surface area contributed by atoms with Crippen LogP contribution in [0.1, 0.15) is 50.3 Å². The van der Waals surface area contributed by atoms with E-state index in [4.69, 9.17) is 9.15 Å². The second-order valence-corrected chi connectivity index (χ2v) is 10.8. The molecule has 1 saturated heterocycles. The van der Waals surface area contributed by atoms with E-state index in [0.29, 0.717) is 38.1 Å². The summed E-state index contributed by atoms with van der Waals surface area (Å²) in [5.41, 5.74) is 1.55. The fraction of sp³-hybridized carbons (Fsp3) is 0.367. The number of carbonyl (C=O) groups is 3. The van der Waals surface area contributed by atoms with Crippen LogP contribution in [-0.2, 0) is 25.5 Å². The van der Waals surface area contributed by atoms with Crippen LogP contribution in [0.4, 0.5) is 0 Å². The third kappa shape index (κ3) is 5.11. The molecule has 1 aliphatic rings. The number of Topliss-reactive ketones (excluding diaryl/α,β-unsaturated/α-hetero) is 1. The minimum atomic E-state index is -0.917. The van der Waals surface area contributed by atoms with E-state index >= 15 is 0 Å². The van der Waals surface area contributed by atoms with Crippen LogP contribution in [0.15, 0.2) is 64.6 Å². The number of nitrogens with one attached hydrogen (secondary N) is 1. The Hall–Kier alpha value is -3.49. The number of hydrogen-bond acceptors (Lipinski definition) is 7. The molecule has 1 amide bonds. The zero-order chi connectivity index (χ0) is 26.7. The van der Waals surface area contributed by atoms with E-state index in [-0.39, 0.29) is 30.5 Å². The molecule has 0 radical (unpaired) electrons. The number of furan rings is 1. The van der Waals surface area contributed by atoms with Gasteiger partial charge in [0, 0.05) is 23.1 Å². The number of benzene rings is 2. The molecule has 8 heteroatoms. The summed E-state index contributed by atoms with van der Waals surface area (Å²) in [7, 11) is 0. The molecule has 3 heterocycles. The highest BCUT2D eigenvalue weighted by molar-refractivity contribution is 7.17. The zero-order valence-electron chi connectivity index (χ0n) is 21.7. The minimum Gasteiger partial charge on any atom is -0.466 e. The van der Waals surface area contributed by atoms with Crippen LogP contribution < -0.4 is 5.32 Å². The molecule has 2 aromatic heterocycles. The first-order valence-electron chi connectivity index (χ1n) is 13.1. The third-order valence-electron chi connectivity index (χ3n) is 7.44. The summed E-state index contributed by atoms with van der Waals surface area (Å²) >= 11 is 1.63. The summed E-state index contributed by atoms with van der Waals surface area (Å²) in [6.07, 6.45) is 3.31. The van der Waals surface area contributed by atoms with Crippen molar-refractivity contribution in [2.24, 2.45) is 0 Å². The maximum Gasteiger partial charge on any atom is 0.305 e. The highest BCUT2D eigenvalue weighted by Gasteiger charge is 2.51. The standard InChI is InChI=1S/C30H32N2O5S/c1-3-36-27(34)9-6-14-31-28(21-11-10-20-12-16-37-24(20)17-21)29(35)30(2)13-15-32(30)26(33)18-22-19-38-25-8-5-4-7-23(22)25/h4-5,7-8,10-12,16-17,19,28,31H,3,6,9,13-15,18H2,1-2H3. The van der Waals surface area contributed by atoms with Gasteiger partial charge in [0.25, 0.3) is 0 Å². The van der Waals surface area contributed by atoms with Crippen molar-refractivity contribution >= 4 is 50.1 Å². The number of ether oxygens (including phenoxy) is 1. The number of likely N-dealkylation sites (tertiary alicyclic amines) is 1. The lowest BCUT2D eigenvalue weighted by atomic mass is 9.77. The highest BCUT2D eigenvalue weighted by Crippen LogP contribution is 2.37. The van der Waals surface area contributed by atoms with E-state index < -0.39 is 11.6 Å². The minimum absolute atomic E-state index is 0.0433. The number of thiophene rings is 1. The average molecular weight is 533 g/mol. The highest BCUT2D eigenvalue weighted by atomic mass is 32.1. The van der Waals surface area contributed by atoms with E-state index in [1.807, 2.05) is 54.8 Å². The van der Waals surface area contributed by atoms with Crippen LogP contribution in [0.2, 0.25) is 0 Å². The predicted octanol–water partition coefficient (Wildman–Crippen LogP) is 5.42. The summed E-state index contributed by atoms with van der Waals surface area (Å²) in [6.45, 7) is 5.00. The van der Waals surface area contributed by atoms with Crippen LogP contribution in [0.25, 0.3) is 21.1 Å². The van der Waals surface area contributed by atoms with Crippen LogP contribution in [-0.4, -0.2) is 47.8 Å². The lowest BCUT2D eigenvalue weighted by Gasteiger charge is -2.50. The van der Waals surface area contributed by atoms with Gasteiger partial charge in [-0.3, -0.25) is 14.4 Å². The van der Waals surface area contributed by atoms with E-state index in [1.54, 1.807) is 29.4 Å². The smallest absolute Gasteiger partial charge is 0.305 e. The fourth-order valence-electron chi connectivity index (χ4n) is 5.18. The number of ketones is 1. The van der Waals surface area contributed by atoms with Crippen LogP contribution in [0.5, 0.6) is 0 Å². The van der Waals surface area contributed by atoms with Gasteiger partial charge in [0.05, 0.1) is 25.3 Å². The Morgan fingerprint density at radius 1 is 1.18 bits per heavy atom. The van der Waals surface area contributed by atoms with Crippen molar-refractivity contribution in [1.82, 2.24) is 10.2 Å². The van der Waals surface area contributed by atoms with Crippen molar-refractivity contribution in [3.63, 3.8) is 0 Å². The predicted molar refractivity (Wildman–Crippen MR) is 148 cm³/mol. The molecule has 0 bridgehead atoms. The summed E-state index contributed by atoms with van der Waals surface area (Å²) in [5.74, 6) is -0.356. The van der Waals surface area contributed by atoms with E-state index in [9.17, 15) is 14.4 Å². The van der Waals surface area contributed by atoms with Crippen molar-refractivity contribution in [3.05, 3.63) is 71.3 Å². The van der Waals surface area contributed by atoms with Crippen molar-refractivity contribution in [2.75, 3.05) is 19.7 Å². The molecule has 198 valence electrons. The van der Waals surface area contributed by atoms with Crippen molar-refractivity contribution in [1.29, 1.82) is 0 Å². The second kappa shape index (κ2) is 11.1. The van der Waals surface area contributed by atoms with Gasteiger partial charge >= 0.3 is 5.97 Å². The number of hydrogen-bond donors (Lipinski definition) is 1. The van der Waals surface area contributed by atoms with Crippen molar-refractivity contribution < 1.29 is 23.5 Å². The van der Waals surface area contributed by atoms with E-state index in [0.717, 1.165) is 26.6 Å². The molecular formula is C30H32N2O5S. The molecule has 1 N–H and O–H groups in total. The molecule has 1 fully saturated rings. The SMILES string of the molecule is CCOC(=O)CCCNC(C(=O)C1(C)CCN1C(=O)Cc1csc2ccccc12)c1ccc2ccoc2c1. The van der Waals surface area contributed by atoms with Gasteiger partial charge in [-0.15, -0.1) is 11.3 Å². The van der Waals surface area contributed by atoms with Crippen molar-refractivity contribution in [3.8, 4) is 0 Å². The molecule has 2 aromatic carbocycles. The quantitative estimate of drug-likeness (QED) is 0.205. The molecule has 0 saturated carbocycles. The molecule has 0 spiro atoms. The second-order valence-electron chi connectivity index (χ2n) is 9.88. The Balaban J connectivity index is 1.34. The van der Waals surface area contributed by atoms with E-state index in [1.165, 1.54) is 0 Å². The monoisotopic (exact) mass is 532 g/mol. The van der Waals surface area contributed by atoms with Gasteiger partial charge in [-0.1, -0.05) is 30.3 Å². The molecule has 5 rings (SSSR count). The van der Waals surface area contributed by atoms with Gasteiger partial charge in [-0.2, -0.15) is 0 Å². The number of esters is 1. The molecule has 1 aliphatic heterocycles. The third-order valence-corrected chi connectivity index (χ3v) is 8.45. The van der Waals surface area contributed by atoms with Gasteiger partial charge in [0.15, 0.2) is 5.78 Å². The summed E-state index contributed by atoms with van der Waals surface area (Å²) in [4.78, 5) is 41.1. The molecule has 38 heavy (non-hydrogen) atoms. The first-order chi connectivity index (χ1) is 18.4. The number of amides is 1. The van der Waals surface area contributed by atoms with Gasteiger partial charge < -0.3 is 19.4 Å². The van der Waals surface area contributed by atoms with Gasteiger partial charge in [-0.05, 0) is 73.3 Å². The van der Waals surface area contributed by atoms with Crippen LogP contribution in [0, 0.1) is 0 Å². The maximum absolute atomic E-state index is 14.1. The Bertz CT molecular complexity index is 1470. The molecular weight excluding hydrogens is 500 g/mol. The normalized spacial score (nSPS) is 17.9. The molecule has 0 aliphatic carbocycles. The first-order valence-corrected chi connectivity index (χ1v) is 13.9. The molecule has 4 aromatic rings. The Morgan fingerprint density at radius 2 is 2.03 bits per heavy atom. The first kappa shape index (κ1) is 26.1. The zero-order valence-corrected chi connectivity index (χ0v) is 22.5. The lowest BCUT2D eigenvalue weighted by Crippen LogP contribution is -2.66. The summed E-state index contributed by atoms with van der Waals surface area (Å²) in [6, 6.07) is 15.0. The lowest BCUT2D eigenvalue weighted by molar-refractivity contribution is -0.157. The van der Waals surface area contributed by atoms with Gasteiger partial charge in [0.1, 0.15) is 11.1 Å².